The molecule has 0 bridgehead atoms. The van der Waals surface area contributed by atoms with Crippen LogP contribution in [-0.4, -0.2) is 49.9 Å². The van der Waals surface area contributed by atoms with Crippen LogP contribution in [0.25, 0.3) is 0 Å². The normalized spacial score (nSPS) is 15.6. The second-order valence-electron chi connectivity index (χ2n) is 6.32. The van der Waals surface area contributed by atoms with E-state index < -0.39 is 10.0 Å². The van der Waals surface area contributed by atoms with Gasteiger partial charge in [0.15, 0.2) is 0 Å². The average molecular weight is 410 g/mol. The van der Waals surface area contributed by atoms with Gasteiger partial charge in [-0.15, -0.1) is 11.3 Å². The Kier molecular flexibility index (Phi) is 6.59. The third-order valence-corrected chi connectivity index (χ3v) is 7.15. The van der Waals surface area contributed by atoms with Gasteiger partial charge in [0.2, 0.25) is 15.9 Å². The number of rotatable bonds is 7. The monoisotopic (exact) mass is 409 g/mol. The summed E-state index contributed by atoms with van der Waals surface area (Å²) >= 11 is 1.53. The number of morpholine rings is 1. The molecule has 0 atom stereocenters. The SMILES string of the molecule is Cc1csc(CNC(=O)CCc2ccc(S(=O)(=O)N3CCOCC3)cc2)n1. The fourth-order valence-electron chi connectivity index (χ4n) is 2.77. The Morgan fingerprint density at radius 3 is 2.59 bits per heavy atom. The van der Waals surface area contributed by atoms with Crippen molar-refractivity contribution in [1.29, 1.82) is 0 Å². The van der Waals surface area contributed by atoms with Crippen LogP contribution in [0.5, 0.6) is 0 Å². The van der Waals surface area contributed by atoms with Crippen molar-refractivity contribution in [3.8, 4) is 0 Å². The van der Waals surface area contributed by atoms with Crippen LogP contribution >= 0.6 is 11.3 Å². The molecular weight excluding hydrogens is 386 g/mol. The number of carbonyl (C=O) groups is 1. The lowest BCUT2D eigenvalue weighted by Crippen LogP contribution is -2.40. The van der Waals surface area contributed by atoms with Crippen LogP contribution < -0.4 is 5.32 Å². The highest BCUT2D eigenvalue weighted by molar-refractivity contribution is 7.89. The Hall–Kier alpha value is -1.81. The van der Waals surface area contributed by atoms with Gasteiger partial charge in [-0.2, -0.15) is 4.31 Å². The first-order valence-corrected chi connectivity index (χ1v) is 11.1. The van der Waals surface area contributed by atoms with E-state index in [1.54, 1.807) is 24.3 Å². The van der Waals surface area contributed by atoms with Gasteiger partial charge in [-0.1, -0.05) is 12.1 Å². The third kappa shape index (κ3) is 5.35. The van der Waals surface area contributed by atoms with Crippen molar-refractivity contribution in [3.63, 3.8) is 0 Å². The maximum Gasteiger partial charge on any atom is 0.243 e. The molecule has 1 aliphatic rings. The Morgan fingerprint density at radius 1 is 1.26 bits per heavy atom. The second-order valence-corrected chi connectivity index (χ2v) is 9.20. The molecule has 0 saturated carbocycles. The molecule has 1 amide bonds. The van der Waals surface area contributed by atoms with Crippen molar-refractivity contribution in [1.82, 2.24) is 14.6 Å². The molecule has 1 saturated heterocycles. The van der Waals surface area contributed by atoms with Gasteiger partial charge in [0.1, 0.15) is 5.01 Å². The minimum Gasteiger partial charge on any atom is -0.379 e. The van der Waals surface area contributed by atoms with E-state index in [9.17, 15) is 13.2 Å². The van der Waals surface area contributed by atoms with Crippen LogP contribution in [0.1, 0.15) is 22.7 Å². The molecule has 9 heteroatoms. The molecule has 3 rings (SSSR count). The molecule has 7 nitrogen and oxygen atoms in total. The van der Waals surface area contributed by atoms with Crippen molar-refractivity contribution in [2.24, 2.45) is 0 Å². The molecule has 0 aliphatic carbocycles. The van der Waals surface area contributed by atoms with Gasteiger partial charge in [-0.05, 0) is 31.0 Å². The van der Waals surface area contributed by atoms with Gasteiger partial charge in [-0.25, -0.2) is 13.4 Å². The number of nitrogens with one attached hydrogen (secondary N) is 1. The summed E-state index contributed by atoms with van der Waals surface area (Å²) in [6.45, 7) is 3.96. The first-order chi connectivity index (χ1) is 12.9. The van der Waals surface area contributed by atoms with Crippen molar-refractivity contribution < 1.29 is 17.9 Å². The van der Waals surface area contributed by atoms with E-state index in [4.69, 9.17) is 4.74 Å². The van der Waals surface area contributed by atoms with Crippen molar-refractivity contribution in [3.05, 3.63) is 45.9 Å². The zero-order valence-electron chi connectivity index (χ0n) is 15.2. The maximum absolute atomic E-state index is 12.6. The molecule has 1 aromatic heterocycles. The molecule has 0 spiro atoms. The first kappa shape index (κ1) is 19.9. The lowest BCUT2D eigenvalue weighted by Gasteiger charge is -2.26. The summed E-state index contributed by atoms with van der Waals surface area (Å²) in [5, 5.41) is 5.70. The van der Waals surface area contributed by atoms with E-state index in [-0.39, 0.29) is 10.8 Å². The molecular formula is C18H23N3O4S2. The Balaban J connectivity index is 1.50. The van der Waals surface area contributed by atoms with E-state index in [0.29, 0.717) is 45.7 Å². The number of thiazole rings is 1. The van der Waals surface area contributed by atoms with Crippen molar-refractivity contribution >= 4 is 27.3 Å². The number of carbonyl (C=O) groups excluding carboxylic acids is 1. The fourth-order valence-corrected chi connectivity index (χ4v) is 4.89. The van der Waals surface area contributed by atoms with Crippen molar-refractivity contribution in [2.45, 2.75) is 31.2 Å². The maximum atomic E-state index is 12.6. The van der Waals surface area contributed by atoms with Gasteiger partial charge in [-0.3, -0.25) is 4.79 Å². The third-order valence-electron chi connectivity index (χ3n) is 4.28. The molecule has 2 heterocycles. The summed E-state index contributed by atoms with van der Waals surface area (Å²) in [5.41, 5.74) is 1.88. The molecule has 1 N–H and O–H groups in total. The quantitative estimate of drug-likeness (QED) is 0.752. The molecule has 0 radical (unpaired) electrons. The summed E-state index contributed by atoms with van der Waals surface area (Å²) < 4.78 is 31.8. The van der Waals surface area contributed by atoms with E-state index in [1.165, 1.54) is 15.6 Å². The van der Waals surface area contributed by atoms with Crippen molar-refractivity contribution in [2.75, 3.05) is 26.3 Å². The first-order valence-electron chi connectivity index (χ1n) is 8.80. The topological polar surface area (TPSA) is 88.6 Å². The zero-order valence-corrected chi connectivity index (χ0v) is 16.8. The highest BCUT2D eigenvalue weighted by Gasteiger charge is 2.26. The molecule has 1 fully saturated rings. The predicted molar refractivity (Wildman–Crippen MR) is 103 cm³/mol. The molecule has 1 aromatic carbocycles. The van der Waals surface area contributed by atoms with Gasteiger partial charge >= 0.3 is 0 Å². The number of hydrogen-bond acceptors (Lipinski definition) is 6. The number of aromatic nitrogens is 1. The average Bonchev–Trinajstić information content (AvgIpc) is 3.11. The molecule has 0 unspecified atom stereocenters. The summed E-state index contributed by atoms with van der Waals surface area (Å²) in [6.07, 6.45) is 0.903. The largest absolute Gasteiger partial charge is 0.379 e. The van der Waals surface area contributed by atoms with E-state index in [1.807, 2.05) is 12.3 Å². The predicted octanol–water partition coefficient (Wildman–Crippen LogP) is 1.72. The van der Waals surface area contributed by atoms with Crippen LogP contribution in [0.4, 0.5) is 0 Å². The Bertz CT molecular complexity index is 872. The minimum absolute atomic E-state index is 0.0483. The summed E-state index contributed by atoms with van der Waals surface area (Å²) in [7, 11) is -3.48. The van der Waals surface area contributed by atoms with E-state index in [0.717, 1.165) is 16.3 Å². The highest BCUT2D eigenvalue weighted by Crippen LogP contribution is 2.18. The molecule has 27 heavy (non-hydrogen) atoms. The lowest BCUT2D eigenvalue weighted by molar-refractivity contribution is -0.121. The Morgan fingerprint density at radius 2 is 1.96 bits per heavy atom. The summed E-state index contributed by atoms with van der Waals surface area (Å²) in [6, 6.07) is 6.75. The van der Waals surface area contributed by atoms with Crippen LogP contribution in [0, 0.1) is 6.92 Å². The lowest BCUT2D eigenvalue weighted by atomic mass is 10.1. The smallest absolute Gasteiger partial charge is 0.243 e. The summed E-state index contributed by atoms with van der Waals surface area (Å²) in [5.74, 6) is -0.0483. The van der Waals surface area contributed by atoms with Crippen LogP contribution in [-0.2, 0) is 32.5 Å². The minimum atomic E-state index is -3.48. The highest BCUT2D eigenvalue weighted by atomic mass is 32.2. The van der Waals surface area contributed by atoms with Crippen LogP contribution in [0.3, 0.4) is 0 Å². The summed E-state index contributed by atoms with van der Waals surface area (Å²) in [4.78, 5) is 16.6. The van der Waals surface area contributed by atoms with Crippen LogP contribution in [0.15, 0.2) is 34.5 Å². The number of benzene rings is 1. The van der Waals surface area contributed by atoms with Gasteiger partial charge in [0.25, 0.3) is 0 Å². The molecule has 1 aliphatic heterocycles. The molecule has 146 valence electrons. The number of ether oxygens (including phenoxy) is 1. The Labute approximate surface area is 163 Å². The second kappa shape index (κ2) is 8.92. The van der Waals surface area contributed by atoms with Crippen LogP contribution in [0.2, 0.25) is 0 Å². The number of hydrogen-bond donors (Lipinski definition) is 1. The molecule has 2 aromatic rings. The number of nitrogens with zero attached hydrogens (tertiary/aromatic N) is 2. The van der Waals surface area contributed by atoms with E-state index in [2.05, 4.69) is 10.3 Å². The van der Waals surface area contributed by atoms with Gasteiger partial charge in [0.05, 0.1) is 24.7 Å². The van der Waals surface area contributed by atoms with E-state index >= 15 is 0 Å². The van der Waals surface area contributed by atoms with Gasteiger partial charge < -0.3 is 10.1 Å². The number of sulfonamides is 1. The zero-order chi connectivity index (χ0) is 19.3. The fraction of sp³-hybridized carbons (Fsp3) is 0.444. The standard InChI is InChI=1S/C18H23N3O4S2/c1-14-13-26-18(20-14)12-19-17(22)7-4-15-2-5-16(6-3-15)27(23,24)21-8-10-25-11-9-21/h2-3,5-6,13H,4,7-12H2,1H3,(H,19,22). The number of aryl methyl sites for hydroxylation is 2. The number of amides is 1. The van der Waals surface area contributed by atoms with Gasteiger partial charge in [0, 0.05) is 30.6 Å².